The Bertz CT molecular complexity index is 623. The minimum Gasteiger partial charge on any atom is -0.270 e. The van der Waals surface area contributed by atoms with Crippen molar-refractivity contribution in [2.45, 2.75) is 30.3 Å². The Morgan fingerprint density at radius 2 is 2.05 bits per heavy atom. The van der Waals surface area contributed by atoms with E-state index in [1.807, 2.05) is 14.0 Å². The van der Waals surface area contributed by atoms with Crippen molar-refractivity contribution in [3.8, 4) is 0 Å². The van der Waals surface area contributed by atoms with E-state index in [1.54, 1.807) is 4.68 Å². The van der Waals surface area contributed by atoms with Crippen LogP contribution in [-0.4, -0.2) is 14.8 Å². The fraction of sp³-hybridized carbons (Fsp3) is 0.385. The summed E-state index contributed by atoms with van der Waals surface area (Å²) in [5.74, 6) is 0.586. The maximum atomic E-state index is 12.5. The molecule has 0 aliphatic heterocycles. The van der Waals surface area contributed by atoms with Crippen molar-refractivity contribution in [1.29, 1.82) is 0 Å². The molecule has 0 saturated heterocycles. The molecule has 3 nitrogen and oxygen atoms in total. The third-order valence-electron chi connectivity index (χ3n) is 2.92. The highest BCUT2D eigenvalue weighted by Crippen LogP contribution is 2.31. The SMILES string of the molecule is CCc1nn(C)c(CSc2ccc(C(F)(F)F)cn2)c1Br. The van der Waals surface area contributed by atoms with E-state index in [0.29, 0.717) is 10.8 Å². The molecule has 2 aromatic heterocycles. The first-order valence-corrected chi connectivity index (χ1v) is 7.97. The highest BCUT2D eigenvalue weighted by atomic mass is 79.9. The van der Waals surface area contributed by atoms with Gasteiger partial charge in [0.1, 0.15) is 0 Å². The van der Waals surface area contributed by atoms with Crippen LogP contribution in [0.5, 0.6) is 0 Å². The Kier molecular flexibility index (Phi) is 4.98. The van der Waals surface area contributed by atoms with Crippen molar-refractivity contribution < 1.29 is 13.2 Å². The van der Waals surface area contributed by atoms with Crippen molar-refractivity contribution in [3.05, 3.63) is 39.8 Å². The maximum absolute atomic E-state index is 12.5. The van der Waals surface area contributed by atoms with E-state index in [1.165, 1.54) is 17.8 Å². The third-order valence-corrected chi connectivity index (χ3v) is 4.79. The van der Waals surface area contributed by atoms with Crippen LogP contribution in [0.3, 0.4) is 0 Å². The lowest BCUT2D eigenvalue weighted by atomic mass is 10.3. The van der Waals surface area contributed by atoms with E-state index in [9.17, 15) is 13.2 Å². The Balaban J connectivity index is 2.08. The molecule has 0 aromatic carbocycles. The van der Waals surface area contributed by atoms with Crippen LogP contribution < -0.4 is 0 Å². The number of halogens is 4. The summed E-state index contributed by atoms with van der Waals surface area (Å²) in [7, 11) is 1.85. The quantitative estimate of drug-likeness (QED) is 0.735. The van der Waals surface area contributed by atoms with Gasteiger partial charge in [0.15, 0.2) is 0 Å². The molecule has 0 bridgehead atoms. The van der Waals surface area contributed by atoms with Gasteiger partial charge in [0, 0.05) is 19.0 Å². The van der Waals surface area contributed by atoms with Crippen LogP contribution in [0.4, 0.5) is 13.2 Å². The molecular formula is C13H13BrF3N3S. The third kappa shape index (κ3) is 3.79. The Hall–Kier alpha value is -1.02. The Labute approximate surface area is 133 Å². The van der Waals surface area contributed by atoms with Crippen molar-refractivity contribution in [1.82, 2.24) is 14.8 Å². The number of hydrogen-bond donors (Lipinski definition) is 0. The number of rotatable bonds is 4. The summed E-state index contributed by atoms with van der Waals surface area (Å²) < 4.78 is 40.1. The fourth-order valence-corrected chi connectivity index (χ4v) is 3.60. The second-order valence-electron chi connectivity index (χ2n) is 4.36. The van der Waals surface area contributed by atoms with Crippen LogP contribution in [0.25, 0.3) is 0 Å². The predicted molar refractivity (Wildman–Crippen MR) is 79.1 cm³/mol. The number of aromatic nitrogens is 3. The van der Waals surface area contributed by atoms with Crippen LogP contribution >= 0.6 is 27.7 Å². The van der Waals surface area contributed by atoms with Crippen LogP contribution in [0.2, 0.25) is 0 Å². The van der Waals surface area contributed by atoms with Crippen molar-refractivity contribution in [2.75, 3.05) is 0 Å². The zero-order valence-electron chi connectivity index (χ0n) is 11.4. The monoisotopic (exact) mass is 379 g/mol. The van der Waals surface area contributed by atoms with E-state index in [-0.39, 0.29) is 0 Å². The minimum absolute atomic E-state index is 0.550. The summed E-state index contributed by atoms with van der Waals surface area (Å²) in [5, 5.41) is 4.92. The molecule has 0 radical (unpaired) electrons. The number of aryl methyl sites for hydroxylation is 2. The summed E-state index contributed by atoms with van der Waals surface area (Å²) in [6.07, 6.45) is -2.67. The zero-order valence-corrected chi connectivity index (χ0v) is 13.8. The molecule has 21 heavy (non-hydrogen) atoms. The molecule has 0 unspecified atom stereocenters. The summed E-state index contributed by atoms with van der Waals surface area (Å²) in [6.45, 7) is 2.02. The van der Waals surface area contributed by atoms with Gasteiger partial charge in [0.25, 0.3) is 0 Å². The summed E-state index contributed by atoms with van der Waals surface area (Å²) in [6, 6.07) is 2.43. The van der Waals surface area contributed by atoms with Crippen molar-refractivity contribution in [2.24, 2.45) is 7.05 Å². The van der Waals surface area contributed by atoms with Crippen molar-refractivity contribution >= 4 is 27.7 Å². The second kappa shape index (κ2) is 6.39. The van der Waals surface area contributed by atoms with E-state index in [0.717, 1.165) is 34.5 Å². The lowest BCUT2D eigenvalue weighted by Crippen LogP contribution is -2.05. The van der Waals surface area contributed by atoms with Gasteiger partial charge in [-0.25, -0.2) is 4.98 Å². The van der Waals surface area contributed by atoms with Gasteiger partial charge in [-0.3, -0.25) is 4.68 Å². The molecule has 0 amide bonds. The zero-order chi connectivity index (χ0) is 15.6. The summed E-state index contributed by atoms with van der Waals surface area (Å²) in [4.78, 5) is 3.84. The first-order chi connectivity index (χ1) is 9.82. The van der Waals surface area contributed by atoms with Crippen LogP contribution in [0.15, 0.2) is 27.8 Å². The van der Waals surface area contributed by atoms with Gasteiger partial charge in [-0.05, 0) is 34.5 Å². The number of nitrogens with zero attached hydrogens (tertiary/aromatic N) is 3. The molecule has 2 aromatic rings. The van der Waals surface area contributed by atoms with E-state index in [2.05, 4.69) is 26.0 Å². The van der Waals surface area contributed by atoms with Gasteiger partial charge < -0.3 is 0 Å². The molecule has 0 N–H and O–H groups in total. The average Bonchev–Trinajstić information content (AvgIpc) is 2.70. The van der Waals surface area contributed by atoms with Gasteiger partial charge in [0.2, 0.25) is 0 Å². The first-order valence-electron chi connectivity index (χ1n) is 6.19. The topological polar surface area (TPSA) is 30.7 Å². The number of pyridine rings is 1. The number of hydrogen-bond acceptors (Lipinski definition) is 3. The Morgan fingerprint density at radius 1 is 1.33 bits per heavy atom. The van der Waals surface area contributed by atoms with Crippen LogP contribution in [-0.2, 0) is 25.4 Å². The molecule has 8 heteroatoms. The molecule has 0 aliphatic rings. The van der Waals surface area contributed by atoms with Gasteiger partial charge in [-0.2, -0.15) is 18.3 Å². The molecule has 0 spiro atoms. The average molecular weight is 380 g/mol. The van der Waals surface area contributed by atoms with Gasteiger partial charge in [-0.15, -0.1) is 11.8 Å². The molecule has 0 aliphatic carbocycles. The summed E-state index contributed by atoms with van der Waals surface area (Å²) >= 11 is 4.88. The molecule has 114 valence electrons. The molecule has 0 saturated carbocycles. The maximum Gasteiger partial charge on any atom is 0.417 e. The van der Waals surface area contributed by atoms with Crippen molar-refractivity contribution in [3.63, 3.8) is 0 Å². The molecule has 2 heterocycles. The molecule has 0 fully saturated rings. The van der Waals surface area contributed by atoms with Crippen LogP contribution in [0.1, 0.15) is 23.9 Å². The lowest BCUT2D eigenvalue weighted by molar-refractivity contribution is -0.137. The minimum atomic E-state index is -4.35. The standard InChI is InChI=1S/C13H13BrF3N3S/c1-3-9-12(14)10(20(2)19-9)7-21-11-5-4-8(6-18-11)13(15,16)17/h4-6H,3,7H2,1-2H3. The normalized spacial score (nSPS) is 11.9. The molecular weight excluding hydrogens is 367 g/mol. The van der Waals surface area contributed by atoms with Crippen LogP contribution in [0, 0.1) is 0 Å². The second-order valence-corrected chi connectivity index (χ2v) is 6.14. The Morgan fingerprint density at radius 3 is 2.52 bits per heavy atom. The van der Waals surface area contributed by atoms with E-state index in [4.69, 9.17) is 0 Å². The van der Waals surface area contributed by atoms with E-state index >= 15 is 0 Å². The smallest absolute Gasteiger partial charge is 0.270 e. The van der Waals surface area contributed by atoms with Gasteiger partial charge in [-0.1, -0.05) is 6.92 Å². The van der Waals surface area contributed by atoms with Gasteiger partial charge >= 0.3 is 6.18 Å². The predicted octanol–water partition coefficient (Wildman–Crippen LogP) is 4.45. The summed E-state index contributed by atoms with van der Waals surface area (Å²) in [5.41, 5.74) is 1.22. The first kappa shape index (κ1) is 16.4. The highest BCUT2D eigenvalue weighted by molar-refractivity contribution is 9.10. The molecule has 0 atom stereocenters. The number of alkyl halides is 3. The largest absolute Gasteiger partial charge is 0.417 e. The fourth-order valence-electron chi connectivity index (χ4n) is 1.75. The highest BCUT2D eigenvalue weighted by Gasteiger charge is 2.30. The molecule has 2 rings (SSSR count). The van der Waals surface area contributed by atoms with E-state index < -0.39 is 11.7 Å². The number of thioether (sulfide) groups is 1. The lowest BCUT2D eigenvalue weighted by Gasteiger charge is -2.07. The van der Waals surface area contributed by atoms with Gasteiger partial charge in [0.05, 0.1) is 26.4 Å².